The van der Waals surface area contributed by atoms with E-state index in [1.165, 1.54) is 11.3 Å². The minimum Gasteiger partial charge on any atom is -0.340 e. The summed E-state index contributed by atoms with van der Waals surface area (Å²) in [6, 6.07) is 7.24. The van der Waals surface area contributed by atoms with E-state index < -0.39 is 15.9 Å². The number of nitrogens with zero attached hydrogens (tertiary/aromatic N) is 3. The van der Waals surface area contributed by atoms with Crippen LogP contribution in [0.1, 0.15) is 62.5 Å². The van der Waals surface area contributed by atoms with Gasteiger partial charge in [0.05, 0.1) is 5.75 Å². The lowest BCUT2D eigenvalue weighted by atomic mass is 9.81. The maximum Gasteiger partial charge on any atom is 0.251 e. The number of aryl methyl sites for hydroxylation is 1. The van der Waals surface area contributed by atoms with Crippen LogP contribution in [-0.4, -0.2) is 84.3 Å². The molecule has 2 amide bonds. The van der Waals surface area contributed by atoms with Gasteiger partial charge in [0.25, 0.3) is 5.91 Å². The van der Waals surface area contributed by atoms with Crippen LogP contribution in [0.25, 0.3) is 10.6 Å². The first-order chi connectivity index (χ1) is 18.0. The summed E-state index contributed by atoms with van der Waals surface area (Å²) in [5.74, 6) is -0.304. The molecule has 0 bridgehead atoms. The van der Waals surface area contributed by atoms with Crippen LogP contribution in [0.15, 0.2) is 29.6 Å². The molecule has 10 heteroatoms. The van der Waals surface area contributed by atoms with Crippen molar-refractivity contribution < 1.29 is 18.0 Å². The predicted molar refractivity (Wildman–Crippen MR) is 152 cm³/mol. The van der Waals surface area contributed by atoms with Gasteiger partial charge < -0.3 is 15.1 Å². The van der Waals surface area contributed by atoms with Gasteiger partial charge in [-0.3, -0.25) is 9.59 Å². The number of carbonyl (C=O) groups excluding carboxylic acids is 2. The Hall–Kier alpha value is -2.30. The van der Waals surface area contributed by atoms with E-state index in [2.05, 4.69) is 36.1 Å². The first kappa shape index (κ1) is 28.7. The third-order valence-electron chi connectivity index (χ3n) is 8.15. The molecule has 4 atom stereocenters. The summed E-state index contributed by atoms with van der Waals surface area (Å²) < 4.78 is 25.3. The van der Waals surface area contributed by atoms with Crippen molar-refractivity contribution in [2.45, 2.75) is 77.5 Å². The molecule has 0 radical (unpaired) electrons. The maximum absolute atomic E-state index is 13.5. The summed E-state index contributed by atoms with van der Waals surface area (Å²) in [6.45, 7) is 8.44. The second-order valence-corrected chi connectivity index (χ2v) is 14.2. The van der Waals surface area contributed by atoms with Gasteiger partial charge in [-0.05, 0) is 71.6 Å². The standard InChI is InChI=1S/C28H40N4O4S2/c1-6-38(35,36)17-22-15-23(31(5)18(2)3)10-11-25(22)32-13-12-24(28(32)34)30-26(33)20-8-7-9-21(14-20)27-29-19(4)16-37-27/h7-9,14,16,18,22-25H,6,10-13,15,17H2,1-5H3,(H,30,33)/t22-,23-,24+,25+/m1/s1. The number of carbonyl (C=O) groups is 2. The summed E-state index contributed by atoms with van der Waals surface area (Å²) in [4.78, 5) is 35.3. The molecule has 1 aliphatic heterocycles. The van der Waals surface area contributed by atoms with Gasteiger partial charge >= 0.3 is 0 Å². The summed E-state index contributed by atoms with van der Waals surface area (Å²) >= 11 is 1.53. The number of nitrogens with one attached hydrogen (secondary N) is 1. The Morgan fingerprint density at radius 1 is 1.26 bits per heavy atom. The van der Waals surface area contributed by atoms with Gasteiger partial charge in [-0.25, -0.2) is 13.4 Å². The number of sulfone groups is 1. The van der Waals surface area contributed by atoms with E-state index in [9.17, 15) is 18.0 Å². The third-order valence-corrected chi connectivity index (χ3v) is 11.0. The Balaban J connectivity index is 1.46. The second-order valence-electron chi connectivity index (χ2n) is 11.0. The highest BCUT2D eigenvalue weighted by Gasteiger charge is 2.44. The number of likely N-dealkylation sites (tertiary alicyclic amines) is 1. The van der Waals surface area contributed by atoms with Gasteiger partial charge in [-0.15, -0.1) is 11.3 Å². The number of rotatable bonds is 9. The van der Waals surface area contributed by atoms with Gasteiger partial charge in [-0.1, -0.05) is 19.1 Å². The zero-order valence-electron chi connectivity index (χ0n) is 23.0. The zero-order valence-corrected chi connectivity index (χ0v) is 24.6. The average molecular weight is 561 g/mol. The quantitative estimate of drug-likeness (QED) is 0.501. The Kier molecular flexibility index (Phi) is 8.94. The van der Waals surface area contributed by atoms with Crippen LogP contribution in [0.3, 0.4) is 0 Å². The lowest BCUT2D eigenvalue weighted by Crippen LogP contribution is -2.53. The number of benzene rings is 1. The van der Waals surface area contributed by atoms with Crippen LogP contribution in [0, 0.1) is 12.8 Å². The smallest absolute Gasteiger partial charge is 0.251 e. The molecule has 1 saturated carbocycles. The van der Waals surface area contributed by atoms with Gasteiger partial charge in [0.2, 0.25) is 5.91 Å². The Labute approximate surface area is 230 Å². The van der Waals surface area contributed by atoms with Crippen molar-refractivity contribution in [3.63, 3.8) is 0 Å². The van der Waals surface area contributed by atoms with Crippen LogP contribution in [0.2, 0.25) is 0 Å². The molecule has 208 valence electrons. The van der Waals surface area contributed by atoms with Gasteiger partial charge in [0.15, 0.2) is 0 Å². The van der Waals surface area contributed by atoms with E-state index in [4.69, 9.17) is 0 Å². The Bertz CT molecular complexity index is 1260. The molecule has 2 heterocycles. The highest BCUT2D eigenvalue weighted by atomic mass is 32.2. The van der Waals surface area contributed by atoms with E-state index >= 15 is 0 Å². The number of hydrogen-bond acceptors (Lipinski definition) is 7. The number of thiazole rings is 1. The van der Waals surface area contributed by atoms with Crippen LogP contribution in [-0.2, 0) is 14.6 Å². The van der Waals surface area contributed by atoms with Crippen molar-refractivity contribution in [1.29, 1.82) is 0 Å². The molecule has 4 rings (SSSR count). The first-order valence-corrected chi connectivity index (χ1v) is 16.3. The van der Waals surface area contributed by atoms with Crippen LogP contribution >= 0.6 is 11.3 Å². The molecule has 1 aromatic heterocycles. The van der Waals surface area contributed by atoms with Gasteiger partial charge in [0, 0.05) is 52.6 Å². The summed E-state index contributed by atoms with van der Waals surface area (Å²) in [5.41, 5.74) is 2.30. The predicted octanol–water partition coefficient (Wildman–Crippen LogP) is 3.76. The molecule has 2 aliphatic rings. The molecule has 0 spiro atoms. The summed E-state index contributed by atoms with van der Waals surface area (Å²) in [5, 5.41) is 5.77. The molecule has 2 aromatic rings. The molecule has 1 N–H and O–H groups in total. The lowest BCUT2D eigenvalue weighted by Gasteiger charge is -2.44. The minimum atomic E-state index is -3.19. The SMILES string of the molecule is CCS(=O)(=O)C[C@H]1C[C@H](N(C)C(C)C)CC[C@@H]1N1CC[C@H](NC(=O)c2cccc(-c3nc(C)cs3)c2)C1=O. The fraction of sp³-hybridized carbons (Fsp3) is 0.607. The monoisotopic (exact) mass is 560 g/mol. The zero-order chi connectivity index (χ0) is 27.6. The lowest BCUT2D eigenvalue weighted by molar-refractivity contribution is -0.133. The van der Waals surface area contributed by atoms with Crippen molar-refractivity contribution >= 4 is 33.0 Å². The van der Waals surface area contributed by atoms with E-state index in [1.807, 2.05) is 35.4 Å². The molecule has 1 aromatic carbocycles. The fourth-order valence-electron chi connectivity index (χ4n) is 5.74. The van der Waals surface area contributed by atoms with Crippen LogP contribution in [0.5, 0.6) is 0 Å². The van der Waals surface area contributed by atoms with Crippen LogP contribution in [0.4, 0.5) is 0 Å². The van der Waals surface area contributed by atoms with E-state index in [0.717, 1.165) is 35.5 Å². The second kappa shape index (κ2) is 11.8. The molecule has 8 nitrogen and oxygen atoms in total. The number of amides is 2. The molecule has 1 saturated heterocycles. The maximum atomic E-state index is 13.5. The van der Waals surface area contributed by atoms with E-state index in [1.54, 1.807) is 13.0 Å². The van der Waals surface area contributed by atoms with Crippen molar-refractivity contribution in [1.82, 2.24) is 20.1 Å². The number of hydrogen-bond donors (Lipinski definition) is 1. The van der Waals surface area contributed by atoms with E-state index in [-0.39, 0.29) is 35.3 Å². The fourth-order valence-corrected chi connectivity index (χ4v) is 7.78. The van der Waals surface area contributed by atoms with Gasteiger partial charge in [-0.2, -0.15) is 0 Å². The molecular formula is C28H40N4O4S2. The van der Waals surface area contributed by atoms with Gasteiger partial charge in [0.1, 0.15) is 20.9 Å². The molecule has 1 aliphatic carbocycles. The highest BCUT2D eigenvalue weighted by molar-refractivity contribution is 7.91. The first-order valence-electron chi connectivity index (χ1n) is 13.5. The Morgan fingerprint density at radius 2 is 2.03 bits per heavy atom. The minimum absolute atomic E-state index is 0.0976. The van der Waals surface area contributed by atoms with Crippen molar-refractivity contribution in [3.8, 4) is 10.6 Å². The van der Waals surface area contributed by atoms with Crippen LogP contribution < -0.4 is 5.32 Å². The normalized spacial score (nSPS) is 24.4. The summed E-state index contributed by atoms with van der Waals surface area (Å²) in [7, 11) is -1.10. The van der Waals surface area contributed by atoms with Crippen molar-refractivity contribution in [2.24, 2.45) is 5.92 Å². The largest absolute Gasteiger partial charge is 0.340 e. The number of aromatic nitrogens is 1. The van der Waals surface area contributed by atoms with E-state index in [0.29, 0.717) is 30.6 Å². The highest BCUT2D eigenvalue weighted by Crippen LogP contribution is 2.35. The van der Waals surface area contributed by atoms with Crippen molar-refractivity contribution in [3.05, 3.63) is 40.9 Å². The molecular weight excluding hydrogens is 520 g/mol. The van der Waals surface area contributed by atoms with Crippen molar-refractivity contribution in [2.75, 3.05) is 25.1 Å². The molecule has 2 fully saturated rings. The summed E-state index contributed by atoms with van der Waals surface area (Å²) in [6.07, 6.45) is 2.97. The Morgan fingerprint density at radius 3 is 2.68 bits per heavy atom. The topological polar surface area (TPSA) is 99.7 Å². The third kappa shape index (κ3) is 6.46. The molecule has 0 unspecified atom stereocenters. The average Bonchev–Trinajstić information content (AvgIpc) is 3.49. The molecule has 38 heavy (non-hydrogen) atoms.